The van der Waals surface area contributed by atoms with Gasteiger partial charge in [0, 0.05) is 10.4 Å². The number of hydrogen-bond acceptors (Lipinski definition) is 2. The number of nitrogens with two attached hydrogens (primary N) is 1. The number of carbonyl (C=O) groups is 1. The van der Waals surface area contributed by atoms with Gasteiger partial charge in [0.15, 0.2) is 5.78 Å². The van der Waals surface area contributed by atoms with E-state index in [0.29, 0.717) is 6.54 Å². The summed E-state index contributed by atoms with van der Waals surface area (Å²) in [5.41, 5.74) is 5.84. The molecule has 2 N–H and O–H groups in total. The topological polar surface area (TPSA) is 43.1 Å². The van der Waals surface area contributed by atoms with Crippen LogP contribution in [0.15, 0.2) is 22.7 Å². The molecule has 1 fully saturated rings. The summed E-state index contributed by atoms with van der Waals surface area (Å²) in [5, 5.41) is 0. The van der Waals surface area contributed by atoms with Gasteiger partial charge < -0.3 is 5.73 Å². The number of ketones is 1. The summed E-state index contributed by atoms with van der Waals surface area (Å²) < 4.78 is 14.4. The minimum atomic E-state index is -0.444. The zero-order valence-corrected chi connectivity index (χ0v) is 11.0. The van der Waals surface area contributed by atoms with Crippen LogP contribution in [0.2, 0.25) is 0 Å². The largest absolute Gasteiger partial charge is 0.330 e. The first-order chi connectivity index (χ1) is 8.13. The van der Waals surface area contributed by atoms with Gasteiger partial charge in [0.05, 0.1) is 5.56 Å². The lowest BCUT2D eigenvalue weighted by Crippen LogP contribution is -2.25. The third-order valence-electron chi connectivity index (χ3n) is 3.49. The lowest BCUT2D eigenvalue weighted by Gasteiger charge is -2.16. The SMILES string of the molecule is NCC1CCCC1C(=O)c1cc(Br)ccc1F. The highest BCUT2D eigenvalue weighted by atomic mass is 79.9. The van der Waals surface area contributed by atoms with Crippen LogP contribution >= 0.6 is 15.9 Å². The van der Waals surface area contributed by atoms with Gasteiger partial charge in [-0.15, -0.1) is 0 Å². The average Bonchev–Trinajstić information content (AvgIpc) is 2.79. The fourth-order valence-corrected chi connectivity index (χ4v) is 2.91. The molecule has 0 bridgehead atoms. The van der Waals surface area contributed by atoms with Gasteiger partial charge in [0.1, 0.15) is 5.82 Å². The third kappa shape index (κ3) is 2.58. The van der Waals surface area contributed by atoms with E-state index in [2.05, 4.69) is 15.9 Å². The molecule has 0 saturated heterocycles. The molecule has 2 atom stereocenters. The first-order valence-electron chi connectivity index (χ1n) is 5.83. The molecule has 0 spiro atoms. The predicted molar refractivity (Wildman–Crippen MR) is 68.3 cm³/mol. The summed E-state index contributed by atoms with van der Waals surface area (Å²) in [5.74, 6) is -0.442. The molecular weight excluding hydrogens is 285 g/mol. The highest BCUT2D eigenvalue weighted by molar-refractivity contribution is 9.10. The van der Waals surface area contributed by atoms with Crippen LogP contribution < -0.4 is 5.73 Å². The molecule has 0 aliphatic heterocycles. The van der Waals surface area contributed by atoms with Crippen molar-refractivity contribution >= 4 is 21.7 Å². The second kappa shape index (κ2) is 5.27. The van der Waals surface area contributed by atoms with Gasteiger partial charge in [-0.2, -0.15) is 0 Å². The minimum Gasteiger partial charge on any atom is -0.330 e. The van der Waals surface area contributed by atoms with E-state index in [-0.39, 0.29) is 23.2 Å². The molecule has 2 unspecified atom stereocenters. The van der Waals surface area contributed by atoms with E-state index in [4.69, 9.17) is 5.73 Å². The first-order valence-corrected chi connectivity index (χ1v) is 6.62. The van der Waals surface area contributed by atoms with E-state index in [1.54, 1.807) is 12.1 Å². The second-order valence-electron chi connectivity index (χ2n) is 4.52. The molecule has 0 heterocycles. The zero-order chi connectivity index (χ0) is 12.4. The molecule has 92 valence electrons. The normalized spacial score (nSPS) is 23.9. The van der Waals surface area contributed by atoms with Gasteiger partial charge in [-0.05, 0) is 43.5 Å². The lowest BCUT2D eigenvalue weighted by molar-refractivity contribution is 0.0889. The summed E-state index contributed by atoms with van der Waals surface area (Å²) in [6, 6.07) is 4.48. The van der Waals surface area contributed by atoms with Gasteiger partial charge in [-0.25, -0.2) is 4.39 Å². The van der Waals surface area contributed by atoms with Crippen molar-refractivity contribution in [2.24, 2.45) is 17.6 Å². The summed E-state index contributed by atoms with van der Waals surface area (Å²) in [6.45, 7) is 0.506. The van der Waals surface area contributed by atoms with Crippen molar-refractivity contribution in [2.75, 3.05) is 6.54 Å². The molecule has 2 nitrogen and oxygen atoms in total. The molecule has 1 saturated carbocycles. The van der Waals surface area contributed by atoms with Crippen molar-refractivity contribution in [1.82, 2.24) is 0 Å². The van der Waals surface area contributed by atoms with Crippen molar-refractivity contribution in [3.05, 3.63) is 34.1 Å². The van der Waals surface area contributed by atoms with E-state index in [0.717, 1.165) is 23.7 Å². The highest BCUT2D eigenvalue weighted by Gasteiger charge is 2.33. The zero-order valence-electron chi connectivity index (χ0n) is 9.46. The van der Waals surface area contributed by atoms with E-state index in [9.17, 15) is 9.18 Å². The number of carbonyl (C=O) groups excluding carboxylic acids is 1. The van der Waals surface area contributed by atoms with Crippen molar-refractivity contribution in [2.45, 2.75) is 19.3 Å². The predicted octanol–water partition coefficient (Wildman–Crippen LogP) is 3.15. The molecular formula is C13H15BrFNO. The number of halogens is 2. The van der Waals surface area contributed by atoms with Crippen molar-refractivity contribution in [3.63, 3.8) is 0 Å². The van der Waals surface area contributed by atoms with Crippen LogP contribution in [0.3, 0.4) is 0 Å². The molecule has 1 aromatic carbocycles. The van der Waals surface area contributed by atoms with Crippen LogP contribution in [0.25, 0.3) is 0 Å². The molecule has 2 rings (SSSR count). The van der Waals surface area contributed by atoms with Crippen LogP contribution in [0.1, 0.15) is 29.6 Å². The van der Waals surface area contributed by atoms with E-state index in [1.807, 2.05) is 0 Å². The van der Waals surface area contributed by atoms with Gasteiger partial charge in [0.25, 0.3) is 0 Å². The number of hydrogen-bond donors (Lipinski definition) is 1. The standard InChI is InChI=1S/C13H15BrFNO/c14-9-4-5-12(15)11(6-9)13(17)10-3-1-2-8(10)7-16/h4-6,8,10H,1-3,7,16H2. The minimum absolute atomic E-state index is 0.100. The Kier molecular flexibility index (Phi) is 3.94. The molecule has 0 amide bonds. The van der Waals surface area contributed by atoms with Crippen molar-refractivity contribution in [1.29, 1.82) is 0 Å². The average molecular weight is 300 g/mol. The second-order valence-corrected chi connectivity index (χ2v) is 5.44. The Morgan fingerprint density at radius 2 is 2.24 bits per heavy atom. The Bertz CT molecular complexity index is 435. The lowest BCUT2D eigenvalue weighted by atomic mass is 9.88. The van der Waals surface area contributed by atoms with Crippen LogP contribution in [0.5, 0.6) is 0 Å². The third-order valence-corrected chi connectivity index (χ3v) is 3.99. The van der Waals surface area contributed by atoms with Gasteiger partial charge in [-0.1, -0.05) is 22.4 Å². The van der Waals surface area contributed by atoms with Gasteiger partial charge in [0.2, 0.25) is 0 Å². The van der Waals surface area contributed by atoms with E-state index >= 15 is 0 Å². The summed E-state index contributed by atoms with van der Waals surface area (Å²) >= 11 is 3.26. The van der Waals surface area contributed by atoms with Crippen molar-refractivity contribution < 1.29 is 9.18 Å². The summed E-state index contributed by atoms with van der Waals surface area (Å²) in [7, 11) is 0. The van der Waals surface area contributed by atoms with Crippen LogP contribution in [-0.4, -0.2) is 12.3 Å². The molecule has 1 aromatic rings. The quantitative estimate of drug-likeness (QED) is 0.871. The molecule has 0 radical (unpaired) electrons. The van der Waals surface area contributed by atoms with Crippen LogP contribution in [0.4, 0.5) is 4.39 Å². The van der Waals surface area contributed by atoms with Crippen molar-refractivity contribution in [3.8, 4) is 0 Å². The maximum Gasteiger partial charge on any atom is 0.169 e. The molecule has 17 heavy (non-hydrogen) atoms. The number of rotatable bonds is 3. The molecule has 1 aliphatic carbocycles. The molecule has 4 heteroatoms. The Labute approximate surface area is 109 Å². The smallest absolute Gasteiger partial charge is 0.169 e. The van der Waals surface area contributed by atoms with Crippen LogP contribution in [0, 0.1) is 17.7 Å². The highest BCUT2D eigenvalue weighted by Crippen LogP contribution is 2.34. The monoisotopic (exact) mass is 299 g/mol. The first kappa shape index (κ1) is 12.7. The number of Topliss-reactive ketones (excluding diaryl/α,β-unsaturated/α-hetero) is 1. The summed E-state index contributed by atoms with van der Waals surface area (Å²) in [6.07, 6.45) is 2.81. The van der Waals surface area contributed by atoms with Gasteiger partial charge in [-0.3, -0.25) is 4.79 Å². The fraction of sp³-hybridized carbons (Fsp3) is 0.462. The maximum absolute atomic E-state index is 13.6. The van der Waals surface area contributed by atoms with Crippen LogP contribution in [-0.2, 0) is 0 Å². The van der Waals surface area contributed by atoms with E-state index in [1.165, 1.54) is 6.07 Å². The van der Waals surface area contributed by atoms with Gasteiger partial charge >= 0.3 is 0 Å². The Morgan fingerprint density at radius 1 is 1.47 bits per heavy atom. The van der Waals surface area contributed by atoms with E-state index < -0.39 is 5.82 Å². The Morgan fingerprint density at radius 3 is 2.94 bits per heavy atom. The number of benzene rings is 1. The molecule has 0 aromatic heterocycles. The Balaban J connectivity index is 2.27. The maximum atomic E-state index is 13.6. The fourth-order valence-electron chi connectivity index (χ4n) is 2.55. The summed E-state index contributed by atoms with van der Waals surface area (Å²) in [4.78, 5) is 12.3. The Hall–Kier alpha value is -0.740. The molecule has 1 aliphatic rings.